The third-order valence-electron chi connectivity index (χ3n) is 2.26. The maximum absolute atomic E-state index is 11.6. The van der Waals surface area contributed by atoms with Crippen LogP contribution in [0.2, 0.25) is 5.02 Å². The summed E-state index contributed by atoms with van der Waals surface area (Å²) >= 11 is 5.94. The Labute approximate surface area is 112 Å². The SMILES string of the molecule is COC(=O)c1cc(C(=O)O)nn1-c1ncccc1Cl. The number of pyridine rings is 1. The van der Waals surface area contributed by atoms with Crippen LogP contribution in [0.5, 0.6) is 0 Å². The fraction of sp³-hybridized carbons (Fsp3) is 0.0909. The van der Waals surface area contributed by atoms with Crippen LogP contribution in [0.15, 0.2) is 24.4 Å². The van der Waals surface area contributed by atoms with Crippen LogP contribution < -0.4 is 0 Å². The van der Waals surface area contributed by atoms with E-state index in [4.69, 9.17) is 16.7 Å². The molecule has 2 aromatic heterocycles. The summed E-state index contributed by atoms with van der Waals surface area (Å²) in [7, 11) is 1.18. The second-order valence-electron chi connectivity index (χ2n) is 3.43. The number of aromatic carboxylic acids is 1. The summed E-state index contributed by atoms with van der Waals surface area (Å²) < 4.78 is 5.61. The summed E-state index contributed by atoms with van der Waals surface area (Å²) in [5.74, 6) is -1.85. The quantitative estimate of drug-likeness (QED) is 0.855. The zero-order valence-corrected chi connectivity index (χ0v) is 10.5. The highest BCUT2D eigenvalue weighted by Crippen LogP contribution is 2.19. The van der Waals surface area contributed by atoms with Crippen molar-refractivity contribution in [2.24, 2.45) is 0 Å². The Hall–Kier alpha value is -2.41. The number of hydrogen-bond acceptors (Lipinski definition) is 5. The molecule has 0 fully saturated rings. The van der Waals surface area contributed by atoms with E-state index in [1.54, 1.807) is 12.1 Å². The van der Waals surface area contributed by atoms with Gasteiger partial charge in [0.15, 0.2) is 17.2 Å². The Kier molecular flexibility index (Phi) is 3.48. The van der Waals surface area contributed by atoms with E-state index in [0.717, 1.165) is 10.7 Å². The fourth-order valence-corrected chi connectivity index (χ4v) is 1.63. The van der Waals surface area contributed by atoms with E-state index in [1.807, 2.05) is 0 Å². The maximum atomic E-state index is 11.6. The van der Waals surface area contributed by atoms with Crippen LogP contribution in [0.4, 0.5) is 0 Å². The van der Waals surface area contributed by atoms with Gasteiger partial charge in [0.05, 0.1) is 12.1 Å². The first kappa shape index (κ1) is 13.0. The third-order valence-corrected chi connectivity index (χ3v) is 2.56. The Morgan fingerprint density at radius 2 is 2.21 bits per heavy atom. The van der Waals surface area contributed by atoms with Crippen molar-refractivity contribution in [2.75, 3.05) is 7.11 Å². The molecule has 0 aliphatic rings. The average molecular weight is 282 g/mol. The number of esters is 1. The molecule has 98 valence electrons. The number of carbonyl (C=O) groups is 2. The highest BCUT2D eigenvalue weighted by Gasteiger charge is 2.22. The summed E-state index contributed by atoms with van der Waals surface area (Å²) in [6.07, 6.45) is 1.45. The molecule has 0 aromatic carbocycles. The monoisotopic (exact) mass is 281 g/mol. The number of nitrogens with zero attached hydrogens (tertiary/aromatic N) is 3. The summed E-state index contributed by atoms with van der Waals surface area (Å²) in [6.45, 7) is 0. The van der Waals surface area contributed by atoms with Gasteiger partial charge in [-0.3, -0.25) is 0 Å². The topological polar surface area (TPSA) is 94.3 Å². The molecule has 0 bridgehead atoms. The van der Waals surface area contributed by atoms with Crippen LogP contribution in [0.1, 0.15) is 21.0 Å². The summed E-state index contributed by atoms with van der Waals surface area (Å²) in [5.41, 5.74) is -0.373. The lowest BCUT2D eigenvalue weighted by Gasteiger charge is -2.05. The first-order chi connectivity index (χ1) is 9.04. The molecule has 19 heavy (non-hydrogen) atoms. The zero-order chi connectivity index (χ0) is 14.0. The molecule has 2 rings (SSSR count). The number of carboxylic acid groups (broad SMARTS) is 1. The van der Waals surface area contributed by atoms with Crippen molar-refractivity contribution in [1.82, 2.24) is 14.8 Å². The molecule has 8 heteroatoms. The van der Waals surface area contributed by atoms with Gasteiger partial charge in [0.1, 0.15) is 0 Å². The van der Waals surface area contributed by atoms with E-state index in [1.165, 1.54) is 13.3 Å². The Morgan fingerprint density at radius 1 is 1.47 bits per heavy atom. The Morgan fingerprint density at radius 3 is 2.79 bits per heavy atom. The summed E-state index contributed by atoms with van der Waals surface area (Å²) in [5, 5.41) is 12.9. The van der Waals surface area contributed by atoms with Gasteiger partial charge in [-0.1, -0.05) is 11.6 Å². The molecule has 0 atom stereocenters. The van der Waals surface area contributed by atoms with Crippen molar-refractivity contribution < 1.29 is 19.4 Å². The number of ether oxygens (including phenoxy) is 1. The van der Waals surface area contributed by atoms with E-state index in [-0.39, 0.29) is 22.2 Å². The molecule has 0 amide bonds. The lowest BCUT2D eigenvalue weighted by atomic mass is 10.3. The smallest absolute Gasteiger partial charge is 0.356 e. The van der Waals surface area contributed by atoms with Crippen molar-refractivity contribution in [2.45, 2.75) is 0 Å². The van der Waals surface area contributed by atoms with E-state index in [9.17, 15) is 9.59 Å². The number of rotatable bonds is 3. The lowest BCUT2D eigenvalue weighted by molar-refractivity contribution is 0.0589. The first-order valence-corrected chi connectivity index (χ1v) is 5.45. The summed E-state index contributed by atoms with van der Waals surface area (Å²) in [4.78, 5) is 26.5. The van der Waals surface area contributed by atoms with E-state index in [2.05, 4.69) is 14.8 Å². The average Bonchev–Trinajstić information content (AvgIpc) is 2.83. The van der Waals surface area contributed by atoms with Crippen LogP contribution in [-0.4, -0.2) is 38.9 Å². The van der Waals surface area contributed by atoms with Crippen LogP contribution in [0.25, 0.3) is 5.82 Å². The van der Waals surface area contributed by atoms with Gasteiger partial charge < -0.3 is 9.84 Å². The van der Waals surface area contributed by atoms with Gasteiger partial charge >= 0.3 is 11.9 Å². The van der Waals surface area contributed by atoms with Gasteiger partial charge in [-0.2, -0.15) is 5.10 Å². The van der Waals surface area contributed by atoms with Crippen molar-refractivity contribution in [3.63, 3.8) is 0 Å². The van der Waals surface area contributed by atoms with Gasteiger partial charge in [0.25, 0.3) is 0 Å². The molecule has 0 saturated heterocycles. The minimum absolute atomic E-state index is 0.0690. The highest BCUT2D eigenvalue weighted by atomic mass is 35.5. The standard InChI is InChI=1S/C11H8ClN3O4/c1-19-11(18)8-5-7(10(16)17)14-15(8)9-6(12)3-2-4-13-9/h2-5H,1H3,(H,16,17). The van der Waals surface area contributed by atoms with Crippen LogP contribution in [0.3, 0.4) is 0 Å². The number of methoxy groups -OCH3 is 1. The molecule has 0 unspecified atom stereocenters. The van der Waals surface area contributed by atoms with Crippen LogP contribution in [-0.2, 0) is 4.74 Å². The van der Waals surface area contributed by atoms with E-state index < -0.39 is 11.9 Å². The molecule has 7 nitrogen and oxygen atoms in total. The molecule has 2 aromatic rings. The van der Waals surface area contributed by atoms with Crippen molar-refractivity contribution in [3.05, 3.63) is 40.8 Å². The Bertz CT molecular complexity index is 653. The normalized spacial score (nSPS) is 10.2. The lowest BCUT2D eigenvalue weighted by Crippen LogP contribution is -2.11. The molecule has 0 radical (unpaired) electrons. The predicted octanol–water partition coefficient (Wildman–Crippen LogP) is 1.41. The van der Waals surface area contributed by atoms with Gasteiger partial charge in [0.2, 0.25) is 0 Å². The molecular weight excluding hydrogens is 274 g/mol. The maximum Gasteiger partial charge on any atom is 0.356 e. The largest absolute Gasteiger partial charge is 0.476 e. The fourth-order valence-electron chi connectivity index (χ4n) is 1.43. The van der Waals surface area contributed by atoms with Crippen LogP contribution in [0, 0.1) is 0 Å². The molecule has 0 saturated carbocycles. The number of aromatic nitrogens is 3. The Balaban J connectivity index is 2.65. The minimum Gasteiger partial charge on any atom is -0.476 e. The van der Waals surface area contributed by atoms with Crippen molar-refractivity contribution >= 4 is 23.5 Å². The molecule has 1 N–H and O–H groups in total. The van der Waals surface area contributed by atoms with Gasteiger partial charge in [0, 0.05) is 12.3 Å². The van der Waals surface area contributed by atoms with Gasteiger partial charge in [-0.05, 0) is 12.1 Å². The third kappa shape index (κ3) is 2.41. The van der Waals surface area contributed by atoms with Gasteiger partial charge in [-0.25, -0.2) is 19.3 Å². The van der Waals surface area contributed by atoms with Gasteiger partial charge in [-0.15, -0.1) is 0 Å². The van der Waals surface area contributed by atoms with E-state index >= 15 is 0 Å². The van der Waals surface area contributed by atoms with E-state index in [0.29, 0.717) is 0 Å². The minimum atomic E-state index is -1.27. The van der Waals surface area contributed by atoms with Crippen molar-refractivity contribution in [3.8, 4) is 5.82 Å². The molecule has 0 aliphatic carbocycles. The molecule has 0 aliphatic heterocycles. The van der Waals surface area contributed by atoms with Crippen molar-refractivity contribution in [1.29, 1.82) is 0 Å². The molecule has 2 heterocycles. The zero-order valence-electron chi connectivity index (χ0n) is 9.70. The number of hydrogen-bond donors (Lipinski definition) is 1. The summed E-state index contributed by atoms with van der Waals surface area (Å²) in [6, 6.07) is 4.25. The number of halogens is 1. The predicted molar refractivity (Wildman–Crippen MR) is 64.7 cm³/mol. The highest BCUT2D eigenvalue weighted by molar-refractivity contribution is 6.32. The molecular formula is C11H8ClN3O4. The van der Waals surface area contributed by atoms with Crippen LogP contribution >= 0.6 is 11.6 Å². The molecule has 0 spiro atoms. The first-order valence-electron chi connectivity index (χ1n) is 5.07. The number of carboxylic acids is 1. The second-order valence-corrected chi connectivity index (χ2v) is 3.84. The number of carbonyl (C=O) groups excluding carboxylic acids is 1. The second kappa shape index (κ2) is 5.07.